The monoisotopic (exact) mass is 360 g/mol. The van der Waals surface area contributed by atoms with Gasteiger partial charge in [-0.25, -0.2) is 9.18 Å². The van der Waals surface area contributed by atoms with Gasteiger partial charge in [0.25, 0.3) is 0 Å². The number of fused-ring (bicyclic) bond motifs is 2. The van der Waals surface area contributed by atoms with E-state index >= 15 is 0 Å². The molecule has 0 aromatic heterocycles. The smallest absolute Gasteiger partial charge is 0.321 e. The van der Waals surface area contributed by atoms with Gasteiger partial charge in [-0.15, -0.1) is 0 Å². The van der Waals surface area contributed by atoms with Gasteiger partial charge in [-0.1, -0.05) is 12.1 Å². The molecule has 3 saturated heterocycles. The summed E-state index contributed by atoms with van der Waals surface area (Å²) in [5.74, 6) is -0.206. The molecule has 4 rings (SSSR count). The molecule has 1 aromatic rings. The molecule has 0 aliphatic carbocycles. The Kier molecular flexibility index (Phi) is 4.91. The first-order valence-corrected chi connectivity index (χ1v) is 10.1. The van der Waals surface area contributed by atoms with Crippen molar-refractivity contribution in [2.45, 2.75) is 88.6 Å². The number of nitrogens with zero attached hydrogens (tertiary/aromatic N) is 2. The Hall–Kier alpha value is -1.62. The second-order valence-corrected chi connectivity index (χ2v) is 8.35. The third-order valence-electron chi connectivity index (χ3n) is 6.62. The van der Waals surface area contributed by atoms with Crippen LogP contribution in [0.3, 0.4) is 0 Å². The molecule has 3 aliphatic heterocycles. The van der Waals surface area contributed by atoms with E-state index in [1.165, 1.54) is 12.1 Å². The van der Waals surface area contributed by atoms with Gasteiger partial charge in [-0.05, 0) is 76.0 Å². The maximum absolute atomic E-state index is 13.4. The standard InChI is InChI=1S/C21H29FN2O2/c1-14-2-8-17(9-5-15-3-6-16(22)7-4-15)23(14)21(26)24-18-10-11-19(24)13-20(25)12-18/h3-4,6-7,14,17-20,25H,2,5,8-13H2,1H3/t14-,17-,18-,19+,20?/m1/s1. The van der Waals surface area contributed by atoms with Gasteiger partial charge in [0.2, 0.25) is 0 Å². The summed E-state index contributed by atoms with van der Waals surface area (Å²) in [6.45, 7) is 2.15. The van der Waals surface area contributed by atoms with Crippen LogP contribution >= 0.6 is 0 Å². The van der Waals surface area contributed by atoms with Crippen molar-refractivity contribution < 1.29 is 14.3 Å². The molecule has 5 atom stereocenters. The molecule has 1 N–H and O–H groups in total. The van der Waals surface area contributed by atoms with Crippen molar-refractivity contribution in [1.82, 2.24) is 9.80 Å². The molecule has 4 nitrogen and oxygen atoms in total. The van der Waals surface area contributed by atoms with Crippen molar-refractivity contribution in [2.24, 2.45) is 0 Å². The number of amides is 2. The molecule has 2 bridgehead atoms. The summed E-state index contributed by atoms with van der Waals surface area (Å²) in [6.07, 6.45) is 7.13. The molecule has 142 valence electrons. The zero-order valence-corrected chi connectivity index (χ0v) is 15.5. The summed E-state index contributed by atoms with van der Waals surface area (Å²) in [5.41, 5.74) is 1.12. The number of aryl methyl sites for hydroxylation is 1. The summed E-state index contributed by atoms with van der Waals surface area (Å²) in [7, 11) is 0. The van der Waals surface area contributed by atoms with Gasteiger partial charge >= 0.3 is 6.03 Å². The fraction of sp³-hybridized carbons (Fsp3) is 0.667. The van der Waals surface area contributed by atoms with Crippen molar-refractivity contribution in [3.63, 3.8) is 0 Å². The molecule has 0 radical (unpaired) electrons. The number of carbonyl (C=O) groups excluding carboxylic acids is 1. The van der Waals surface area contributed by atoms with Crippen molar-refractivity contribution in [3.05, 3.63) is 35.6 Å². The van der Waals surface area contributed by atoms with E-state index in [0.29, 0.717) is 0 Å². The van der Waals surface area contributed by atoms with Gasteiger partial charge in [0.1, 0.15) is 5.82 Å². The van der Waals surface area contributed by atoms with Crippen LogP contribution in [-0.2, 0) is 6.42 Å². The van der Waals surface area contributed by atoms with E-state index in [-0.39, 0.29) is 42.1 Å². The molecule has 3 heterocycles. The highest BCUT2D eigenvalue weighted by molar-refractivity contribution is 5.77. The first kappa shape index (κ1) is 17.8. The number of likely N-dealkylation sites (tertiary alicyclic amines) is 1. The summed E-state index contributed by atoms with van der Waals surface area (Å²) < 4.78 is 13.1. The second kappa shape index (κ2) is 7.18. The third-order valence-corrected chi connectivity index (χ3v) is 6.62. The lowest BCUT2D eigenvalue weighted by Crippen LogP contribution is -2.55. The number of urea groups is 1. The zero-order chi connectivity index (χ0) is 18.3. The number of aliphatic hydroxyl groups is 1. The number of aliphatic hydroxyl groups excluding tert-OH is 1. The maximum Gasteiger partial charge on any atom is 0.321 e. The first-order valence-electron chi connectivity index (χ1n) is 10.1. The SMILES string of the molecule is C[C@@H]1CC[C@H](CCc2ccc(F)cc2)N1C(=O)N1[C@@H]2CC[C@H]1CC(O)C2. The number of carbonyl (C=O) groups is 1. The van der Waals surface area contributed by atoms with Crippen LogP contribution in [0.15, 0.2) is 24.3 Å². The van der Waals surface area contributed by atoms with Crippen LogP contribution in [0.1, 0.15) is 57.4 Å². The van der Waals surface area contributed by atoms with Crippen LogP contribution in [0, 0.1) is 5.82 Å². The van der Waals surface area contributed by atoms with Gasteiger partial charge in [0.15, 0.2) is 0 Å². The summed E-state index contributed by atoms with van der Waals surface area (Å²) in [4.78, 5) is 17.6. The van der Waals surface area contributed by atoms with Crippen molar-refractivity contribution in [1.29, 1.82) is 0 Å². The molecule has 1 unspecified atom stereocenters. The molecule has 3 fully saturated rings. The van der Waals surface area contributed by atoms with Crippen molar-refractivity contribution in [3.8, 4) is 0 Å². The normalized spacial score (nSPS) is 33.7. The minimum atomic E-state index is -0.248. The molecule has 1 aromatic carbocycles. The van der Waals surface area contributed by atoms with Crippen molar-refractivity contribution >= 4 is 6.03 Å². The lowest BCUT2D eigenvalue weighted by atomic mass is 10.00. The van der Waals surface area contributed by atoms with Crippen LogP contribution < -0.4 is 0 Å². The lowest BCUT2D eigenvalue weighted by Gasteiger charge is -2.42. The van der Waals surface area contributed by atoms with E-state index in [9.17, 15) is 14.3 Å². The number of benzene rings is 1. The van der Waals surface area contributed by atoms with Gasteiger partial charge < -0.3 is 14.9 Å². The van der Waals surface area contributed by atoms with Crippen LogP contribution in [0.5, 0.6) is 0 Å². The first-order chi connectivity index (χ1) is 12.5. The molecule has 0 saturated carbocycles. The molecule has 26 heavy (non-hydrogen) atoms. The Morgan fingerprint density at radius 2 is 1.73 bits per heavy atom. The fourth-order valence-corrected chi connectivity index (χ4v) is 5.28. The predicted molar refractivity (Wildman–Crippen MR) is 98.3 cm³/mol. The minimum Gasteiger partial charge on any atom is -0.393 e. The third kappa shape index (κ3) is 3.34. The summed E-state index contributed by atoms with van der Waals surface area (Å²) in [5, 5.41) is 10.0. The predicted octanol–water partition coefficient (Wildman–Crippen LogP) is 3.72. The number of piperidine rings is 1. The van der Waals surface area contributed by atoms with Crippen LogP contribution in [0.25, 0.3) is 0 Å². The number of hydrogen-bond acceptors (Lipinski definition) is 2. The molecule has 2 amide bonds. The van der Waals surface area contributed by atoms with E-state index in [0.717, 1.165) is 56.9 Å². The Morgan fingerprint density at radius 1 is 1.08 bits per heavy atom. The maximum atomic E-state index is 13.4. The van der Waals surface area contributed by atoms with Crippen LogP contribution in [0.4, 0.5) is 9.18 Å². The minimum absolute atomic E-state index is 0.179. The molecule has 5 heteroatoms. The van der Waals surface area contributed by atoms with Crippen LogP contribution in [0.2, 0.25) is 0 Å². The van der Waals surface area contributed by atoms with E-state index in [2.05, 4.69) is 16.7 Å². The van der Waals surface area contributed by atoms with Gasteiger partial charge in [-0.3, -0.25) is 0 Å². The highest BCUT2D eigenvalue weighted by atomic mass is 19.1. The van der Waals surface area contributed by atoms with E-state index in [1.807, 2.05) is 12.1 Å². The van der Waals surface area contributed by atoms with E-state index in [1.54, 1.807) is 0 Å². The molecular formula is C21H29FN2O2. The van der Waals surface area contributed by atoms with Gasteiger partial charge in [0.05, 0.1) is 6.10 Å². The highest BCUT2D eigenvalue weighted by Gasteiger charge is 2.46. The summed E-state index contributed by atoms with van der Waals surface area (Å²) >= 11 is 0. The number of rotatable bonds is 3. The van der Waals surface area contributed by atoms with Crippen molar-refractivity contribution in [2.75, 3.05) is 0 Å². The largest absolute Gasteiger partial charge is 0.393 e. The average Bonchev–Trinajstić information content (AvgIpc) is 3.11. The molecular weight excluding hydrogens is 331 g/mol. The average molecular weight is 360 g/mol. The topological polar surface area (TPSA) is 43.8 Å². The lowest BCUT2D eigenvalue weighted by molar-refractivity contribution is 0.0376. The zero-order valence-electron chi connectivity index (χ0n) is 15.5. The number of hydrogen-bond donors (Lipinski definition) is 1. The molecule has 3 aliphatic rings. The van der Waals surface area contributed by atoms with E-state index in [4.69, 9.17) is 0 Å². The Balaban J connectivity index is 1.43. The van der Waals surface area contributed by atoms with E-state index < -0.39 is 0 Å². The fourth-order valence-electron chi connectivity index (χ4n) is 5.28. The van der Waals surface area contributed by atoms with Gasteiger partial charge in [0, 0.05) is 24.2 Å². The molecule has 0 spiro atoms. The summed E-state index contributed by atoms with van der Waals surface area (Å²) in [6, 6.07) is 7.82. The Labute approximate surface area is 155 Å². The highest BCUT2D eigenvalue weighted by Crippen LogP contribution is 2.38. The Morgan fingerprint density at radius 3 is 2.38 bits per heavy atom. The Bertz CT molecular complexity index is 636. The quantitative estimate of drug-likeness (QED) is 0.893. The van der Waals surface area contributed by atoms with Gasteiger partial charge in [-0.2, -0.15) is 0 Å². The van der Waals surface area contributed by atoms with Crippen LogP contribution in [-0.4, -0.2) is 51.2 Å². The number of halogens is 1. The second-order valence-electron chi connectivity index (χ2n) is 8.35.